The van der Waals surface area contributed by atoms with Gasteiger partial charge in [0.15, 0.2) is 0 Å². The topological polar surface area (TPSA) is 84.5 Å². The van der Waals surface area contributed by atoms with Crippen molar-refractivity contribution in [1.82, 2.24) is 0 Å². The van der Waals surface area contributed by atoms with Crippen molar-refractivity contribution in [3.8, 4) is 5.75 Å². The molecule has 0 radical (unpaired) electrons. The van der Waals surface area contributed by atoms with Gasteiger partial charge in [0.2, 0.25) is 5.91 Å². The fraction of sp³-hybridized carbons (Fsp3) is 0.458. The van der Waals surface area contributed by atoms with E-state index >= 15 is 0 Å². The van der Waals surface area contributed by atoms with Crippen molar-refractivity contribution in [2.24, 2.45) is 0 Å². The van der Waals surface area contributed by atoms with Gasteiger partial charge in [-0.05, 0) is 67.0 Å². The molecule has 1 aliphatic heterocycles. The second kappa shape index (κ2) is 7.55. The molecule has 0 atom stereocenters. The molecular weight excluding hydrogens is 412 g/mol. The minimum absolute atomic E-state index is 0.0653. The second-order valence-electron chi connectivity index (χ2n) is 8.97. The van der Waals surface area contributed by atoms with Crippen molar-refractivity contribution in [3.63, 3.8) is 0 Å². The fourth-order valence-electron chi connectivity index (χ4n) is 5.41. The van der Waals surface area contributed by atoms with Crippen LogP contribution in [0.4, 0.5) is 11.4 Å². The highest BCUT2D eigenvalue weighted by molar-refractivity contribution is 7.92. The van der Waals surface area contributed by atoms with Gasteiger partial charge in [-0.2, -0.15) is 0 Å². The number of para-hydroxylation sites is 1. The maximum Gasteiger partial charge on any atom is 0.265 e. The second-order valence-corrected chi connectivity index (χ2v) is 10.6. The quantitative estimate of drug-likeness (QED) is 0.691. The Hall–Kier alpha value is -2.54. The lowest BCUT2D eigenvalue weighted by molar-refractivity contribution is -0.123. The van der Waals surface area contributed by atoms with E-state index in [1.54, 1.807) is 18.2 Å². The summed E-state index contributed by atoms with van der Waals surface area (Å²) in [6.45, 7) is 0. The van der Waals surface area contributed by atoms with Gasteiger partial charge in [-0.1, -0.05) is 37.8 Å². The highest BCUT2D eigenvalue weighted by Crippen LogP contribution is 2.54. The van der Waals surface area contributed by atoms with E-state index < -0.39 is 15.4 Å². The zero-order valence-electron chi connectivity index (χ0n) is 17.7. The van der Waals surface area contributed by atoms with Crippen LogP contribution < -0.4 is 14.8 Å². The van der Waals surface area contributed by atoms with Crippen LogP contribution in [0.5, 0.6) is 5.75 Å². The summed E-state index contributed by atoms with van der Waals surface area (Å²) in [6, 6.07) is 10.4. The smallest absolute Gasteiger partial charge is 0.265 e. The van der Waals surface area contributed by atoms with Crippen LogP contribution in [0, 0.1) is 0 Å². The van der Waals surface area contributed by atoms with Gasteiger partial charge >= 0.3 is 0 Å². The van der Waals surface area contributed by atoms with E-state index in [1.807, 2.05) is 12.1 Å². The average molecular weight is 441 g/mol. The number of benzene rings is 2. The summed E-state index contributed by atoms with van der Waals surface area (Å²) in [4.78, 5) is 13.0. The molecule has 2 aromatic rings. The van der Waals surface area contributed by atoms with Crippen molar-refractivity contribution >= 4 is 27.3 Å². The third-order valence-electron chi connectivity index (χ3n) is 7.22. The van der Waals surface area contributed by atoms with Gasteiger partial charge in [0.25, 0.3) is 10.0 Å². The zero-order valence-corrected chi connectivity index (χ0v) is 18.6. The number of carbonyl (C=O) groups is 1. The molecule has 0 saturated heterocycles. The predicted octanol–water partition coefficient (Wildman–Crippen LogP) is 4.92. The van der Waals surface area contributed by atoms with Crippen LogP contribution in [0.3, 0.4) is 0 Å². The molecule has 2 saturated carbocycles. The number of methoxy groups -OCH3 is 1. The van der Waals surface area contributed by atoms with Gasteiger partial charge in [-0.3, -0.25) is 9.52 Å². The summed E-state index contributed by atoms with van der Waals surface area (Å²) < 4.78 is 34.4. The van der Waals surface area contributed by atoms with E-state index in [-0.39, 0.29) is 10.8 Å². The first-order valence-electron chi connectivity index (χ1n) is 11.1. The Labute approximate surface area is 183 Å². The van der Waals surface area contributed by atoms with Crippen molar-refractivity contribution in [2.45, 2.75) is 67.6 Å². The van der Waals surface area contributed by atoms with E-state index in [1.165, 1.54) is 19.6 Å². The molecule has 1 spiro atoms. The Morgan fingerprint density at radius 2 is 1.81 bits per heavy atom. The van der Waals surface area contributed by atoms with E-state index in [4.69, 9.17) is 4.74 Å². The van der Waals surface area contributed by atoms with Gasteiger partial charge in [0, 0.05) is 11.4 Å². The molecule has 7 heteroatoms. The molecule has 31 heavy (non-hydrogen) atoms. The molecular formula is C24H28N2O4S. The number of nitrogens with one attached hydrogen (secondary N) is 2. The van der Waals surface area contributed by atoms with Crippen LogP contribution in [0.1, 0.15) is 68.4 Å². The van der Waals surface area contributed by atoms with Crippen molar-refractivity contribution < 1.29 is 17.9 Å². The van der Waals surface area contributed by atoms with Gasteiger partial charge in [0.1, 0.15) is 10.6 Å². The number of hydrogen-bond donors (Lipinski definition) is 2. The number of amides is 1. The average Bonchev–Trinajstić information content (AvgIpc) is 3.05. The summed E-state index contributed by atoms with van der Waals surface area (Å²) in [5.41, 5.74) is 2.99. The molecule has 1 amide bonds. The number of sulfonamides is 1. The normalized spacial score (nSPS) is 20.1. The Morgan fingerprint density at radius 3 is 2.48 bits per heavy atom. The number of ether oxygens (including phenoxy) is 1. The molecule has 2 aromatic carbocycles. The standard InChI is InChI=1S/C24H28N2O4S/c1-30-20-10-5-6-11-21(20)31(28,29)26-17-14-18(16-8-3-2-4-9-16)22-19(15-17)24(12-7-13-24)23(27)25-22/h5-6,10-11,14-16,26H,2-4,7-9,12-13H2,1H3,(H,25,27). The number of carbonyl (C=O) groups excluding carboxylic acids is 1. The Morgan fingerprint density at radius 1 is 1.06 bits per heavy atom. The van der Waals surface area contributed by atoms with Crippen LogP contribution in [0.25, 0.3) is 0 Å². The molecule has 5 rings (SSSR count). The van der Waals surface area contributed by atoms with E-state index in [0.717, 1.165) is 61.8 Å². The lowest BCUT2D eigenvalue weighted by atomic mass is 9.64. The van der Waals surface area contributed by atoms with Crippen LogP contribution in [-0.2, 0) is 20.2 Å². The first kappa shape index (κ1) is 20.4. The summed E-state index contributed by atoms with van der Waals surface area (Å²) >= 11 is 0. The zero-order chi connectivity index (χ0) is 21.6. The lowest BCUT2D eigenvalue weighted by Gasteiger charge is -2.36. The summed E-state index contributed by atoms with van der Waals surface area (Å²) in [7, 11) is -2.38. The molecule has 3 aliphatic rings. The first-order chi connectivity index (χ1) is 14.9. The van der Waals surface area contributed by atoms with Crippen LogP contribution in [0.2, 0.25) is 0 Å². The van der Waals surface area contributed by atoms with E-state index in [0.29, 0.717) is 17.4 Å². The SMILES string of the molecule is COc1ccccc1S(=O)(=O)Nc1cc(C2CCCCC2)c2c(c1)C1(CCC1)C(=O)N2. The number of rotatable bonds is 5. The van der Waals surface area contributed by atoms with Crippen molar-refractivity contribution in [2.75, 3.05) is 17.1 Å². The van der Waals surface area contributed by atoms with Gasteiger partial charge < -0.3 is 10.1 Å². The molecule has 6 nitrogen and oxygen atoms in total. The molecule has 0 aromatic heterocycles. The summed E-state index contributed by atoms with van der Waals surface area (Å²) in [5.74, 6) is 0.709. The predicted molar refractivity (Wildman–Crippen MR) is 120 cm³/mol. The fourth-order valence-corrected chi connectivity index (χ4v) is 6.62. The minimum atomic E-state index is -3.84. The Balaban J connectivity index is 1.59. The van der Waals surface area contributed by atoms with E-state index in [2.05, 4.69) is 10.0 Å². The molecule has 0 unspecified atom stereocenters. The maximum absolute atomic E-state index is 13.2. The molecule has 2 N–H and O–H groups in total. The summed E-state index contributed by atoms with van der Waals surface area (Å²) in [6.07, 6.45) is 8.34. The summed E-state index contributed by atoms with van der Waals surface area (Å²) in [5, 5.41) is 3.16. The molecule has 2 fully saturated rings. The minimum Gasteiger partial charge on any atom is -0.495 e. The number of hydrogen-bond acceptors (Lipinski definition) is 4. The van der Waals surface area contributed by atoms with Crippen LogP contribution >= 0.6 is 0 Å². The molecule has 1 heterocycles. The third kappa shape index (κ3) is 3.30. The van der Waals surface area contributed by atoms with E-state index in [9.17, 15) is 13.2 Å². The monoisotopic (exact) mass is 440 g/mol. The Bertz CT molecular complexity index is 1130. The van der Waals surface area contributed by atoms with Crippen molar-refractivity contribution in [3.05, 3.63) is 47.5 Å². The van der Waals surface area contributed by atoms with Crippen molar-refractivity contribution in [1.29, 1.82) is 0 Å². The Kier molecular flexibility index (Phi) is 4.96. The molecule has 2 aliphatic carbocycles. The first-order valence-corrected chi connectivity index (χ1v) is 12.6. The van der Waals surface area contributed by atoms with Gasteiger partial charge in [-0.15, -0.1) is 0 Å². The lowest BCUT2D eigenvalue weighted by Crippen LogP contribution is -2.40. The maximum atomic E-state index is 13.2. The molecule has 0 bridgehead atoms. The number of anilines is 2. The van der Waals surface area contributed by atoms with Crippen LogP contribution in [-0.4, -0.2) is 21.4 Å². The highest BCUT2D eigenvalue weighted by atomic mass is 32.2. The third-order valence-corrected chi connectivity index (χ3v) is 8.64. The highest BCUT2D eigenvalue weighted by Gasteiger charge is 2.52. The van der Waals surface area contributed by atoms with Crippen LogP contribution in [0.15, 0.2) is 41.3 Å². The van der Waals surface area contributed by atoms with Gasteiger partial charge in [-0.25, -0.2) is 8.42 Å². The largest absolute Gasteiger partial charge is 0.495 e. The van der Waals surface area contributed by atoms with Gasteiger partial charge in [0.05, 0.1) is 12.5 Å². The molecule has 164 valence electrons. The number of fused-ring (bicyclic) bond motifs is 2.